The highest BCUT2D eigenvalue weighted by molar-refractivity contribution is 5.85. The van der Waals surface area contributed by atoms with Crippen LogP contribution in [0, 0.1) is 0 Å². The molecule has 0 aliphatic heterocycles. The predicted octanol–water partition coefficient (Wildman–Crippen LogP) is 12.4. The Kier molecular flexibility index (Phi) is 7.71. The van der Waals surface area contributed by atoms with Crippen LogP contribution in [0.3, 0.4) is 0 Å². The number of aromatic nitrogens is 6. The summed E-state index contributed by atoms with van der Waals surface area (Å²) in [6.07, 6.45) is 2.05. The van der Waals surface area contributed by atoms with Crippen molar-refractivity contribution in [1.82, 2.24) is 29.3 Å². The molecule has 266 valence electrons. The Morgan fingerprint density at radius 1 is 0.281 bits per heavy atom. The predicted molar refractivity (Wildman–Crippen MR) is 232 cm³/mol. The van der Waals surface area contributed by atoms with E-state index in [2.05, 4.69) is 152 Å². The highest BCUT2D eigenvalue weighted by Gasteiger charge is 2.13. The molecule has 0 unspecified atom stereocenters. The molecule has 11 aromatic rings. The van der Waals surface area contributed by atoms with Crippen LogP contribution in [0.15, 0.2) is 194 Å². The molecule has 6 aromatic carbocycles. The van der Waals surface area contributed by atoms with E-state index >= 15 is 0 Å². The molecule has 0 aliphatic carbocycles. The van der Waals surface area contributed by atoms with Crippen LogP contribution >= 0.6 is 0 Å². The number of benzene rings is 6. The minimum Gasteiger partial charge on any atom is -0.284 e. The van der Waals surface area contributed by atoms with Gasteiger partial charge in [0.2, 0.25) is 5.78 Å². The first-order chi connectivity index (χ1) is 28.2. The van der Waals surface area contributed by atoms with Crippen LogP contribution in [0.5, 0.6) is 0 Å². The van der Waals surface area contributed by atoms with Crippen molar-refractivity contribution in [2.75, 3.05) is 0 Å². The van der Waals surface area contributed by atoms with Crippen molar-refractivity contribution in [2.24, 2.45) is 0 Å². The Hall–Kier alpha value is -7.83. The van der Waals surface area contributed by atoms with Gasteiger partial charge in [-0.05, 0) is 71.8 Å². The zero-order chi connectivity index (χ0) is 37.7. The van der Waals surface area contributed by atoms with Gasteiger partial charge in [-0.2, -0.15) is 0 Å². The van der Waals surface area contributed by atoms with E-state index in [1.54, 1.807) is 0 Å². The fourth-order valence-electron chi connectivity index (χ4n) is 7.64. The minimum atomic E-state index is 0.678. The van der Waals surface area contributed by atoms with Crippen molar-refractivity contribution in [1.29, 1.82) is 0 Å². The van der Waals surface area contributed by atoms with Gasteiger partial charge in [0, 0.05) is 44.8 Å². The molecule has 0 saturated carbocycles. The lowest BCUT2D eigenvalue weighted by molar-refractivity contribution is 1.14. The summed E-state index contributed by atoms with van der Waals surface area (Å²) in [6.45, 7) is 0. The third-order valence-electron chi connectivity index (χ3n) is 10.6. The van der Waals surface area contributed by atoms with Crippen LogP contribution in [-0.2, 0) is 0 Å². The summed E-state index contributed by atoms with van der Waals surface area (Å²) in [5.41, 5.74) is 15.8. The van der Waals surface area contributed by atoms with E-state index in [1.807, 2.05) is 46.9 Å². The summed E-state index contributed by atoms with van der Waals surface area (Å²) in [6, 6.07) is 65.0. The van der Waals surface area contributed by atoms with Crippen molar-refractivity contribution in [2.45, 2.75) is 0 Å². The van der Waals surface area contributed by atoms with Crippen LogP contribution < -0.4 is 0 Å². The van der Waals surface area contributed by atoms with Gasteiger partial charge in [-0.25, -0.2) is 24.9 Å². The van der Waals surface area contributed by atoms with Crippen LogP contribution in [0.4, 0.5) is 0 Å². The van der Waals surface area contributed by atoms with E-state index in [9.17, 15) is 0 Å². The van der Waals surface area contributed by atoms with Crippen LogP contribution in [0.25, 0.3) is 106 Å². The summed E-state index contributed by atoms with van der Waals surface area (Å²) in [4.78, 5) is 24.9. The number of hydrogen-bond acceptors (Lipinski definition) is 5. The van der Waals surface area contributed by atoms with Crippen molar-refractivity contribution in [3.63, 3.8) is 0 Å². The van der Waals surface area contributed by atoms with E-state index < -0.39 is 0 Å². The second-order valence-electron chi connectivity index (χ2n) is 14.2. The third-order valence-corrected chi connectivity index (χ3v) is 10.6. The van der Waals surface area contributed by atoms with Crippen molar-refractivity contribution < 1.29 is 0 Å². The second-order valence-corrected chi connectivity index (χ2v) is 14.2. The van der Waals surface area contributed by atoms with E-state index in [-0.39, 0.29) is 0 Å². The van der Waals surface area contributed by atoms with E-state index in [0.29, 0.717) is 5.78 Å². The first kappa shape index (κ1) is 32.6. The van der Waals surface area contributed by atoms with Crippen LogP contribution in [0.1, 0.15) is 0 Å². The fourth-order valence-corrected chi connectivity index (χ4v) is 7.64. The van der Waals surface area contributed by atoms with Gasteiger partial charge in [0.1, 0.15) is 0 Å². The Morgan fingerprint density at radius 2 is 0.789 bits per heavy atom. The summed E-state index contributed by atoms with van der Waals surface area (Å²) < 4.78 is 2.03. The Balaban J connectivity index is 0.989. The van der Waals surface area contributed by atoms with E-state index in [0.717, 1.165) is 100 Å². The molecule has 0 amide bonds. The highest BCUT2D eigenvalue weighted by Crippen LogP contribution is 2.34. The molecule has 0 radical (unpaired) electrons. The SMILES string of the molecule is c1cc(-c2cc(-c3ccc(-c4ccc5ccccc5n4)cc3)nc(-c3ccc(-c4ccc5ccccc5n4)cc3)c2)cc(-c2ccn3c(n2)nc2ccccc23)c1. The highest BCUT2D eigenvalue weighted by atomic mass is 15.1. The fraction of sp³-hybridized carbons (Fsp3) is 0. The van der Waals surface area contributed by atoms with Crippen molar-refractivity contribution in [3.05, 3.63) is 194 Å². The molecule has 0 atom stereocenters. The van der Waals surface area contributed by atoms with Gasteiger partial charge in [-0.3, -0.25) is 4.40 Å². The molecular weight excluding hydrogens is 697 g/mol. The quantitative estimate of drug-likeness (QED) is 0.170. The lowest BCUT2D eigenvalue weighted by Crippen LogP contribution is -1.93. The van der Waals surface area contributed by atoms with Gasteiger partial charge < -0.3 is 0 Å². The maximum atomic E-state index is 5.27. The normalized spacial score (nSPS) is 11.5. The summed E-state index contributed by atoms with van der Waals surface area (Å²) in [7, 11) is 0. The summed E-state index contributed by atoms with van der Waals surface area (Å²) in [5.74, 6) is 0.678. The molecule has 5 heterocycles. The number of fused-ring (bicyclic) bond motifs is 5. The van der Waals surface area contributed by atoms with Crippen molar-refractivity contribution in [3.8, 4) is 67.4 Å². The number of pyridine rings is 3. The minimum absolute atomic E-state index is 0.678. The molecule has 0 bridgehead atoms. The van der Waals surface area contributed by atoms with Gasteiger partial charge in [-0.1, -0.05) is 127 Å². The van der Waals surface area contributed by atoms with E-state index in [1.165, 1.54) is 0 Å². The van der Waals surface area contributed by atoms with Gasteiger partial charge in [0.05, 0.1) is 50.5 Å². The number of para-hydroxylation sites is 4. The molecule has 5 aromatic heterocycles. The topological polar surface area (TPSA) is 68.9 Å². The molecule has 0 aliphatic rings. The molecule has 0 saturated heterocycles. The zero-order valence-corrected chi connectivity index (χ0v) is 30.7. The van der Waals surface area contributed by atoms with E-state index in [4.69, 9.17) is 24.9 Å². The Bertz CT molecular complexity index is 3150. The van der Waals surface area contributed by atoms with Crippen LogP contribution in [-0.4, -0.2) is 29.3 Å². The first-order valence-corrected chi connectivity index (χ1v) is 19.0. The number of imidazole rings is 1. The average molecular weight is 729 g/mol. The van der Waals surface area contributed by atoms with Crippen molar-refractivity contribution >= 4 is 38.6 Å². The number of rotatable bonds is 6. The summed E-state index contributed by atoms with van der Waals surface area (Å²) >= 11 is 0. The average Bonchev–Trinajstić information content (AvgIpc) is 3.67. The lowest BCUT2D eigenvalue weighted by atomic mass is 9.97. The molecule has 57 heavy (non-hydrogen) atoms. The summed E-state index contributed by atoms with van der Waals surface area (Å²) in [5, 5.41) is 2.26. The zero-order valence-electron chi connectivity index (χ0n) is 30.7. The molecule has 0 N–H and O–H groups in total. The monoisotopic (exact) mass is 728 g/mol. The maximum absolute atomic E-state index is 5.27. The Labute approximate surface area is 328 Å². The molecule has 0 spiro atoms. The van der Waals surface area contributed by atoms with Gasteiger partial charge >= 0.3 is 0 Å². The number of hydrogen-bond donors (Lipinski definition) is 0. The molecule has 0 fully saturated rings. The largest absolute Gasteiger partial charge is 0.284 e. The first-order valence-electron chi connectivity index (χ1n) is 19.0. The van der Waals surface area contributed by atoms with Gasteiger partial charge in [-0.15, -0.1) is 0 Å². The van der Waals surface area contributed by atoms with Gasteiger partial charge in [0.15, 0.2) is 0 Å². The molecule has 6 heteroatoms. The number of nitrogens with zero attached hydrogens (tertiary/aromatic N) is 6. The molecule has 6 nitrogen and oxygen atoms in total. The molecular formula is C51H32N6. The standard InChI is InChI=1S/C51H32N6/c1-3-12-42-33(8-1)24-26-44(52-42)35-16-20-37(21-17-35)48-31-41(32-49(54-48)38-22-18-36(19-23-38)45-27-25-34-9-2-4-13-43(34)53-45)39-10-7-11-40(30-39)46-28-29-57-50-15-6-5-14-47(50)56-51(57)55-46/h1-32H. The lowest BCUT2D eigenvalue weighted by Gasteiger charge is -2.12. The molecule has 11 rings (SSSR count). The third kappa shape index (κ3) is 6.06. The van der Waals surface area contributed by atoms with Crippen LogP contribution in [0.2, 0.25) is 0 Å². The smallest absolute Gasteiger partial charge is 0.235 e. The van der Waals surface area contributed by atoms with Gasteiger partial charge in [0.25, 0.3) is 0 Å². The Morgan fingerprint density at radius 3 is 1.40 bits per heavy atom. The second kappa shape index (κ2) is 13.5. The maximum Gasteiger partial charge on any atom is 0.235 e.